The first-order valence-corrected chi connectivity index (χ1v) is 8.17. The summed E-state index contributed by atoms with van der Waals surface area (Å²) in [7, 11) is 2.48. The van der Waals surface area contributed by atoms with E-state index >= 15 is 0 Å². The van der Waals surface area contributed by atoms with Gasteiger partial charge in [0, 0.05) is 30.9 Å². The summed E-state index contributed by atoms with van der Waals surface area (Å²) in [6, 6.07) is 1.59. The van der Waals surface area contributed by atoms with Crippen LogP contribution >= 0.6 is 22.3 Å². The summed E-state index contributed by atoms with van der Waals surface area (Å²) in [6.07, 6.45) is 0.551. The Morgan fingerprint density at radius 3 is 2.65 bits per heavy atom. The van der Waals surface area contributed by atoms with Crippen LogP contribution in [0.5, 0.6) is 0 Å². The fourth-order valence-corrected chi connectivity index (χ4v) is 2.35. The number of ether oxygens (including phenoxy) is 1. The highest BCUT2D eigenvalue weighted by Gasteiger charge is 2.20. The Hall–Kier alpha value is -0.890. The highest BCUT2D eigenvalue weighted by molar-refractivity contribution is 8.13. The molecular weight excluding hydrogens is 332 g/mol. The Morgan fingerprint density at radius 2 is 2.10 bits per heavy atom. The average molecular weight is 344 g/mol. The zero-order valence-electron chi connectivity index (χ0n) is 10.5. The second-order valence-corrected chi connectivity index (χ2v) is 6.75. The van der Waals surface area contributed by atoms with E-state index in [1.54, 1.807) is 0 Å². The minimum Gasteiger partial charge on any atom is -0.385 e. The second kappa shape index (κ2) is 7.21. The van der Waals surface area contributed by atoms with E-state index in [4.69, 9.17) is 27.0 Å². The zero-order chi connectivity index (χ0) is 15.3. The SMILES string of the molecule is COCCCNC(=O)c1cc(S(=O)(=O)Cl)cc(F)c1Cl. The van der Waals surface area contributed by atoms with Gasteiger partial charge in [0.05, 0.1) is 15.5 Å². The predicted octanol–water partition coefficient (Wildman–Crippen LogP) is 2.17. The summed E-state index contributed by atoms with van der Waals surface area (Å²) in [4.78, 5) is 11.3. The van der Waals surface area contributed by atoms with Gasteiger partial charge in [0.15, 0.2) is 0 Å². The van der Waals surface area contributed by atoms with E-state index in [0.29, 0.717) is 19.1 Å². The smallest absolute Gasteiger partial charge is 0.261 e. The van der Waals surface area contributed by atoms with Crippen molar-refractivity contribution in [1.82, 2.24) is 5.32 Å². The van der Waals surface area contributed by atoms with Crippen LogP contribution in [0.25, 0.3) is 0 Å². The van der Waals surface area contributed by atoms with Crippen molar-refractivity contribution in [3.8, 4) is 0 Å². The number of hydrogen-bond acceptors (Lipinski definition) is 4. The van der Waals surface area contributed by atoms with Crippen LogP contribution in [0.4, 0.5) is 4.39 Å². The number of hydrogen-bond donors (Lipinski definition) is 1. The molecule has 9 heteroatoms. The van der Waals surface area contributed by atoms with Crippen LogP contribution in [0.15, 0.2) is 17.0 Å². The molecule has 1 rings (SSSR count). The quantitative estimate of drug-likeness (QED) is 0.634. The van der Waals surface area contributed by atoms with Gasteiger partial charge in [-0.15, -0.1) is 0 Å². The van der Waals surface area contributed by atoms with Crippen molar-refractivity contribution in [1.29, 1.82) is 0 Å². The van der Waals surface area contributed by atoms with Gasteiger partial charge in [0.25, 0.3) is 15.0 Å². The number of carbonyl (C=O) groups excluding carboxylic acids is 1. The summed E-state index contributed by atoms with van der Waals surface area (Å²) in [5.41, 5.74) is -0.289. The molecule has 1 N–H and O–H groups in total. The van der Waals surface area contributed by atoms with Crippen LogP contribution < -0.4 is 5.32 Å². The number of halogens is 3. The number of carbonyl (C=O) groups is 1. The fourth-order valence-electron chi connectivity index (χ4n) is 1.38. The molecule has 5 nitrogen and oxygen atoms in total. The Morgan fingerprint density at radius 1 is 1.45 bits per heavy atom. The van der Waals surface area contributed by atoms with E-state index in [2.05, 4.69) is 5.32 Å². The topological polar surface area (TPSA) is 72.5 Å². The molecule has 20 heavy (non-hydrogen) atoms. The molecule has 0 fully saturated rings. The van der Waals surface area contributed by atoms with Gasteiger partial charge in [-0.05, 0) is 18.6 Å². The van der Waals surface area contributed by atoms with E-state index < -0.39 is 30.7 Å². The van der Waals surface area contributed by atoms with Gasteiger partial charge < -0.3 is 10.1 Å². The molecule has 0 aliphatic carbocycles. The molecule has 0 atom stereocenters. The molecule has 0 radical (unpaired) electrons. The maximum Gasteiger partial charge on any atom is 0.261 e. The molecule has 0 aliphatic rings. The molecule has 0 spiro atoms. The third-order valence-corrected chi connectivity index (χ3v) is 4.06. The minimum atomic E-state index is -4.15. The Labute approximate surface area is 125 Å². The Balaban J connectivity index is 2.99. The Bertz CT molecular complexity index is 607. The summed E-state index contributed by atoms with van der Waals surface area (Å²) < 4.78 is 40.7. The third kappa shape index (κ3) is 4.59. The standard InChI is InChI=1S/C11H12Cl2FNO4S/c1-19-4-2-3-15-11(16)8-5-7(20(13,17)18)6-9(14)10(8)12/h5-6H,2-4H2,1H3,(H,15,16). The monoisotopic (exact) mass is 343 g/mol. The van der Waals surface area contributed by atoms with Crippen LogP contribution in [0, 0.1) is 5.82 Å². The summed E-state index contributed by atoms with van der Waals surface area (Å²) in [5, 5.41) is 2.01. The molecular formula is C11H12Cl2FNO4S. The number of amides is 1. The predicted molar refractivity (Wildman–Crippen MR) is 73.3 cm³/mol. The van der Waals surface area contributed by atoms with Crippen molar-refractivity contribution in [3.05, 3.63) is 28.5 Å². The van der Waals surface area contributed by atoms with Crippen LogP contribution in [0.3, 0.4) is 0 Å². The summed E-state index contributed by atoms with van der Waals surface area (Å²) >= 11 is 5.65. The van der Waals surface area contributed by atoms with E-state index in [1.807, 2.05) is 0 Å². The average Bonchev–Trinajstić information content (AvgIpc) is 2.36. The molecule has 0 saturated carbocycles. The highest BCUT2D eigenvalue weighted by Crippen LogP contribution is 2.26. The van der Waals surface area contributed by atoms with Gasteiger partial charge in [-0.3, -0.25) is 4.79 Å². The van der Waals surface area contributed by atoms with Gasteiger partial charge in [-0.1, -0.05) is 11.6 Å². The lowest BCUT2D eigenvalue weighted by Crippen LogP contribution is -2.26. The molecule has 0 saturated heterocycles. The number of benzene rings is 1. The first-order chi connectivity index (χ1) is 9.27. The summed E-state index contributed by atoms with van der Waals surface area (Å²) in [5.74, 6) is -1.72. The van der Waals surface area contributed by atoms with Gasteiger partial charge in [-0.25, -0.2) is 12.8 Å². The molecule has 112 valence electrons. The molecule has 1 aromatic rings. The van der Waals surface area contributed by atoms with Crippen molar-refractivity contribution in [2.75, 3.05) is 20.3 Å². The van der Waals surface area contributed by atoms with Gasteiger partial charge in [0.1, 0.15) is 5.82 Å². The first kappa shape index (κ1) is 17.2. The van der Waals surface area contributed by atoms with Crippen molar-refractivity contribution < 1.29 is 22.3 Å². The largest absolute Gasteiger partial charge is 0.385 e. The van der Waals surface area contributed by atoms with E-state index in [9.17, 15) is 17.6 Å². The molecule has 0 aliphatic heterocycles. The number of rotatable bonds is 6. The molecule has 1 amide bonds. The van der Waals surface area contributed by atoms with E-state index in [0.717, 1.165) is 6.07 Å². The lowest BCUT2D eigenvalue weighted by Gasteiger charge is -2.08. The number of methoxy groups -OCH3 is 1. The minimum absolute atomic E-state index is 0.280. The van der Waals surface area contributed by atoms with Crippen molar-refractivity contribution >= 4 is 37.2 Å². The molecule has 0 unspecified atom stereocenters. The van der Waals surface area contributed by atoms with Crippen molar-refractivity contribution in [2.24, 2.45) is 0 Å². The van der Waals surface area contributed by atoms with Crippen LogP contribution in [0.1, 0.15) is 16.8 Å². The van der Waals surface area contributed by atoms with Crippen LogP contribution in [0.2, 0.25) is 5.02 Å². The molecule has 0 aromatic heterocycles. The maximum absolute atomic E-state index is 13.5. The fraction of sp³-hybridized carbons (Fsp3) is 0.364. The lowest BCUT2D eigenvalue weighted by atomic mass is 10.2. The zero-order valence-corrected chi connectivity index (χ0v) is 12.8. The first-order valence-electron chi connectivity index (χ1n) is 5.48. The van der Waals surface area contributed by atoms with Crippen LogP contribution in [-0.2, 0) is 13.8 Å². The summed E-state index contributed by atoms with van der Waals surface area (Å²) in [6.45, 7) is 0.723. The molecule has 0 bridgehead atoms. The third-order valence-electron chi connectivity index (χ3n) is 2.34. The maximum atomic E-state index is 13.5. The molecule has 1 aromatic carbocycles. The van der Waals surface area contributed by atoms with Gasteiger partial charge >= 0.3 is 0 Å². The van der Waals surface area contributed by atoms with Gasteiger partial charge in [-0.2, -0.15) is 0 Å². The second-order valence-electron chi connectivity index (χ2n) is 3.81. The highest BCUT2D eigenvalue weighted by atomic mass is 35.7. The molecule has 0 heterocycles. The van der Waals surface area contributed by atoms with Crippen molar-refractivity contribution in [2.45, 2.75) is 11.3 Å². The van der Waals surface area contributed by atoms with E-state index in [-0.39, 0.29) is 12.1 Å². The lowest BCUT2D eigenvalue weighted by molar-refractivity contribution is 0.0948. The Kier molecular flexibility index (Phi) is 6.19. The van der Waals surface area contributed by atoms with E-state index in [1.165, 1.54) is 7.11 Å². The number of nitrogens with one attached hydrogen (secondary N) is 1. The van der Waals surface area contributed by atoms with Gasteiger partial charge in [0.2, 0.25) is 0 Å². The van der Waals surface area contributed by atoms with Crippen molar-refractivity contribution in [3.63, 3.8) is 0 Å². The van der Waals surface area contributed by atoms with Crippen LogP contribution in [-0.4, -0.2) is 34.6 Å². The normalized spacial score (nSPS) is 11.4.